The van der Waals surface area contributed by atoms with E-state index < -0.39 is 0 Å². The van der Waals surface area contributed by atoms with Crippen molar-refractivity contribution < 1.29 is 4.79 Å². The van der Waals surface area contributed by atoms with Crippen LogP contribution in [0.1, 0.15) is 31.9 Å². The molecule has 1 aromatic heterocycles. The maximum absolute atomic E-state index is 12.8. The number of hydrogen-bond donors (Lipinski definition) is 1. The van der Waals surface area contributed by atoms with Crippen molar-refractivity contribution >= 4 is 5.91 Å². The Morgan fingerprint density at radius 2 is 2.13 bits per heavy atom. The standard InChI is InChI=1S/C18H28N4O/c1-14-8-15(2)12-22(11-14)18(23)13-21-7-6-20-10-17(21)16-4-3-5-19-9-16/h3-5,9,14-15,17,20H,6-8,10-13H2,1-2H3. The SMILES string of the molecule is CC1CC(C)CN(C(=O)CN2CCNCC2c2cccnc2)C1. The zero-order chi connectivity index (χ0) is 16.2. The van der Waals surface area contributed by atoms with Gasteiger partial charge in [0, 0.05) is 51.2 Å². The Bertz CT molecular complexity index is 511. The molecule has 0 saturated carbocycles. The average molecular weight is 316 g/mol. The van der Waals surface area contributed by atoms with E-state index in [9.17, 15) is 4.79 Å². The first-order valence-corrected chi connectivity index (χ1v) is 8.76. The van der Waals surface area contributed by atoms with E-state index in [-0.39, 0.29) is 11.9 Å². The number of aromatic nitrogens is 1. The van der Waals surface area contributed by atoms with Crippen LogP contribution < -0.4 is 5.32 Å². The molecule has 3 rings (SSSR count). The highest BCUT2D eigenvalue weighted by atomic mass is 16.2. The van der Waals surface area contributed by atoms with E-state index in [2.05, 4.69) is 40.0 Å². The smallest absolute Gasteiger partial charge is 0.236 e. The molecular formula is C18H28N4O. The fraction of sp³-hybridized carbons (Fsp3) is 0.667. The second kappa shape index (κ2) is 7.41. The largest absolute Gasteiger partial charge is 0.341 e. The molecule has 1 N–H and O–H groups in total. The maximum Gasteiger partial charge on any atom is 0.236 e. The molecule has 2 aliphatic rings. The first kappa shape index (κ1) is 16.4. The summed E-state index contributed by atoms with van der Waals surface area (Å²) >= 11 is 0. The number of rotatable bonds is 3. The summed E-state index contributed by atoms with van der Waals surface area (Å²) in [7, 11) is 0. The molecular weight excluding hydrogens is 288 g/mol. The van der Waals surface area contributed by atoms with Gasteiger partial charge in [0.1, 0.15) is 0 Å². The number of pyridine rings is 1. The van der Waals surface area contributed by atoms with E-state index in [0.29, 0.717) is 18.4 Å². The van der Waals surface area contributed by atoms with Crippen molar-refractivity contribution in [2.24, 2.45) is 11.8 Å². The number of nitrogens with one attached hydrogen (secondary N) is 1. The Labute approximate surface area is 139 Å². The first-order valence-electron chi connectivity index (χ1n) is 8.76. The highest BCUT2D eigenvalue weighted by Gasteiger charge is 2.30. The highest BCUT2D eigenvalue weighted by Crippen LogP contribution is 2.24. The minimum absolute atomic E-state index is 0.237. The van der Waals surface area contributed by atoms with Gasteiger partial charge in [0.25, 0.3) is 0 Å². The molecule has 23 heavy (non-hydrogen) atoms. The van der Waals surface area contributed by atoms with Gasteiger partial charge in [-0.2, -0.15) is 0 Å². The summed E-state index contributed by atoms with van der Waals surface area (Å²) in [6.45, 7) is 9.56. The molecule has 3 atom stereocenters. The summed E-state index contributed by atoms with van der Waals surface area (Å²) in [5.74, 6) is 1.50. The van der Waals surface area contributed by atoms with E-state index in [1.807, 2.05) is 12.3 Å². The number of piperazine rings is 1. The summed E-state index contributed by atoms with van der Waals surface area (Å²) in [4.78, 5) is 21.4. The van der Waals surface area contributed by atoms with E-state index >= 15 is 0 Å². The third-order valence-electron chi connectivity index (χ3n) is 4.98. The molecule has 5 heteroatoms. The Hall–Kier alpha value is -1.46. The van der Waals surface area contributed by atoms with Crippen molar-refractivity contribution in [1.82, 2.24) is 20.1 Å². The Morgan fingerprint density at radius 3 is 2.83 bits per heavy atom. The van der Waals surface area contributed by atoms with Crippen LogP contribution in [0.2, 0.25) is 0 Å². The van der Waals surface area contributed by atoms with Gasteiger partial charge in [-0.05, 0) is 29.9 Å². The van der Waals surface area contributed by atoms with Gasteiger partial charge in [-0.25, -0.2) is 0 Å². The van der Waals surface area contributed by atoms with E-state index in [1.54, 1.807) is 6.20 Å². The van der Waals surface area contributed by atoms with Gasteiger partial charge in [-0.3, -0.25) is 14.7 Å². The number of hydrogen-bond acceptors (Lipinski definition) is 4. The van der Waals surface area contributed by atoms with Crippen molar-refractivity contribution in [2.75, 3.05) is 39.3 Å². The van der Waals surface area contributed by atoms with Crippen LogP contribution in [0.25, 0.3) is 0 Å². The van der Waals surface area contributed by atoms with E-state index in [0.717, 1.165) is 32.7 Å². The van der Waals surface area contributed by atoms with Crippen LogP contribution in [0.5, 0.6) is 0 Å². The first-order chi connectivity index (χ1) is 11.1. The van der Waals surface area contributed by atoms with Crippen LogP contribution in [-0.2, 0) is 4.79 Å². The molecule has 0 aliphatic carbocycles. The van der Waals surface area contributed by atoms with Crippen LogP contribution in [0, 0.1) is 11.8 Å². The van der Waals surface area contributed by atoms with Crippen LogP contribution >= 0.6 is 0 Å². The number of carbonyl (C=O) groups excluding carboxylic acids is 1. The molecule has 0 radical (unpaired) electrons. The van der Waals surface area contributed by atoms with Crippen molar-refractivity contribution in [1.29, 1.82) is 0 Å². The third-order valence-corrected chi connectivity index (χ3v) is 4.98. The molecule has 3 unspecified atom stereocenters. The van der Waals surface area contributed by atoms with Crippen LogP contribution in [0.3, 0.4) is 0 Å². The summed E-state index contributed by atoms with van der Waals surface area (Å²) in [6, 6.07) is 4.31. The molecule has 0 aromatic carbocycles. The van der Waals surface area contributed by atoms with Gasteiger partial charge in [0.15, 0.2) is 0 Å². The van der Waals surface area contributed by atoms with Gasteiger partial charge in [0.2, 0.25) is 5.91 Å². The van der Waals surface area contributed by atoms with Gasteiger partial charge >= 0.3 is 0 Å². The predicted octanol–water partition coefficient (Wildman–Crippen LogP) is 1.53. The van der Waals surface area contributed by atoms with E-state index in [1.165, 1.54) is 12.0 Å². The fourth-order valence-electron chi connectivity index (χ4n) is 3.98. The highest BCUT2D eigenvalue weighted by molar-refractivity contribution is 5.78. The van der Waals surface area contributed by atoms with Crippen LogP contribution in [0.4, 0.5) is 0 Å². The molecule has 3 heterocycles. The topological polar surface area (TPSA) is 48.5 Å². The monoisotopic (exact) mass is 316 g/mol. The number of carbonyl (C=O) groups is 1. The number of nitrogens with zero attached hydrogens (tertiary/aromatic N) is 3. The second-order valence-electron chi connectivity index (χ2n) is 7.22. The number of amides is 1. The van der Waals surface area contributed by atoms with Crippen molar-refractivity contribution in [3.8, 4) is 0 Å². The average Bonchev–Trinajstić information content (AvgIpc) is 2.55. The van der Waals surface area contributed by atoms with Crippen molar-refractivity contribution in [3.63, 3.8) is 0 Å². The number of piperidine rings is 1. The van der Waals surface area contributed by atoms with Gasteiger partial charge in [-0.15, -0.1) is 0 Å². The minimum atomic E-state index is 0.237. The van der Waals surface area contributed by atoms with Crippen molar-refractivity contribution in [3.05, 3.63) is 30.1 Å². The van der Waals surface area contributed by atoms with Crippen molar-refractivity contribution in [2.45, 2.75) is 26.3 Å². The molecule has 5 nitrogen and oxygen atoms in total. The van der Waals surface area contributed by atoms with Gasteiger partial charge < -0.3 is 10.2 Å². The summed E-state index contributed by atoms with van der Waals surface area (Å²) in [5.41, 5.74) is 1.19. The Kier molecular flexibility index (Phi) is 5.28. The molecule has 126 valence electrons. The van der Waals surface area contributed by atoms with E-state index in [4.69, 9.17) is 0 Å². The normalized spacial score (nSPS) is 29.5. The quantitative estimate of drug-likeness (QED) is 0.919. The predicted molar refractivity (Wildman–Crippen MR) is 90.9 cm³/mol. The Morgan fingerprint density at radius 1 is 1.35 bits per heavy atom. The zero-order valence-corrected chi connectivity index (χ0v) is 14.2. The molecule has 2 fully saturated rings. The van der Waals surface area contributed by atoms with Gasteiger partial charge in [-0.1, -0.05) is 19.9 Å². The number of likely N-dealkylation sites (tertiary alicyclic amines) is 1. The van der Waals surface area contributed by atoms with Crippen LogP contribution in [0.15, 0.2) is 24.5 Å². The lowest BCUT2D eigenvalue weighted by atomic mass is 9.92. The lowest BCUT2D eigenvalue weighted by Crippen LogP contribution is -2.52. The lowest BCUT2D eigenvalue weighted by Gasteiger charge is -2.39. The molecule has 1 amide bonds. The summed E-state index contributed by atoms with van der Waals surface area (Å²) in [6.07, 6.45) is 4.95. The maximum atomic E-state index is 12.8. The third kappa shape index (κ3) is 4.09. The Balaban J connectivity index is 1.66. The molecule has 2 saturated heterocycles. The summed E-state index contributed by atoms with van der Waals surface area (Å²) in [5, 5.41) is 3.44. The summed E-state index contributed by atoms with van der Waals surface area (Å²) < 4.78 is 0. The second-order valence-corrected chi connectivity index (χ2v) is 7.22. The van der Waals surface area contributed by atoms with Gasteiger partial charge in [0.05, 0.1) is 6.54 Å². The minimum Gasteiger partial charge on any atom is -0.341 e. The lowest BCUT2D eigenvalue weighted by molar-refractivity contribution is -0.136. The fourth-order valence-corrected chi connectivity index (χ4v) is 3.98. The molecule has 1 aromatic rings. The van der Waals surface area contributed by atoms with Crippen LogP contribution in [-0.4, -0.2) is 60.0 Å². The molecule has 2 aliphatic heterocycles. The zero-order valence-electron chi connectivity index (χ0n) is 14.2. The molecule has 0 spiro atoms. The molecule has 0 bridgehead atoms.